The summed E-state index contributed by atoms with van der Waals surface area (Å²) in [5, 5.41) is 8.63. The minimum atomic E-state index is -3.46. The summed E-state index contributed by atoms with van der Waals surface area (Å²) in [6, 6.07) is 4.99. The average molecular weight is 253 g/mol. The van der Waals surface area contributed by atoms with E-state index in [9.17, 15) is 8.42 Å². The third-order valence-electron chi connectivity index (χ3n) is 2.33. The smallest absolute Gasteiger partial charge is 0.241 e. The first-order chi connectivity index (χ1) is 7.70. The molecule has 0 aromatic carbocycles. The number of hydrogen-bond acceptors (Lipinski definition) is 4. The Morgan fingerprint density at radius 3 is 2.29 bits per heavy atom. The standard InChI is InChI=1S/C11H15N3O2S/c1-11(2,3)17(15,16)14(4)10-6-5-9(7-12)8-13-10/h5-6,8H,1-4H3. The van der Waals surface area contributed by atoms with Gasteiger partial charge >= 0.3 is 0 Å². The molecule has 0 aliphatic carbocycles. The summed E-state index contributed by atoms with van der Waals surface area (Å²) in [6.45, 7) is 4.88. The van der Waals surface area contributed by atoms with Crippen LogP contribution in [0.1, 0.15) is 26.3 Å². The topological polar surface area (TPSA) is 74.1 Å². The van der Waals surface area contributed by atoms with Gasteiger partial charge < -0.3 is 0 Å². The molecular weight excluding hydrogens is 238 g/mol. The third-order valence-corrected chi connectivity index (χ3v) is 4.79. The number of rotatable bonds is 2. The quantitative estimate of drug-likeness (QED) is 0.800. The molecule has 0 saturated carbocycles. The van der Waals surface area contributed by atoms with Gasteiger partial charge in [0.15, 0.2) is 0 Å². The molecule has 0 aliphatic rings. The van der Waals surface area contributed by atoms with Crippen molar-refractivity contribution in [2.24, 2.45) is 0 Å². The zero-order valence-electron chi connectivity index (χ0n) is 10.3. The second-order valence-electron chi connectivity index (χ2n) is 4.60. The Morgan fingerprint density at radius 1 is 1.35 bits per heavy atom. The van der Waals surface area contributed by atoms with Crippen molar-refractivity contribution in [3.05, 3.63) is 23.9 Å². The Labute approximate surface area is 102 Å². The van der Waals surface area contributed by atoms with E-state index in [0.29, 0.717) is 11.4 Å². The van der Waals surface area contributed by atoms with E-state index < -0.39 is 14.8 Å². The Balaban J connectivity index is 3.14. The lowest BCUT2D eigenvalue weighted by atomic mass is 10.3. The molecule has 6 heteroatoms. The van der Waals surface area contributed by atoms with Crippen molar-refractivity contribution in [1.29, 1.82) is 5.26 Å². The fourth-order valence-corrected chi connectivity index (χ4v) is 2.35. The van der Waals surface area contributed by atoms with Crippen molar-refractivity contribution in [3.8, 4) is 6.07 Å². The molecule has 1 aromatic rings. The number of pyridine rings is 1. The highest BCUT2D eigenvalue weighted by molar-refractivity contribution is 7.94. The highest BCUT2D eigenvalue weighted by Gasteiger charge is 2.33. The van der Waals surface area contributed by atoms with Gasteiger partial charge in [0, 0.05) is 13.2 Å². The number of sulfonamides is 1. The number of aromatic nitrogens is 1. The fourth-order valence-electron chi connectivity index (χ4n) is 1.17. The molecule has 5 nitrogen and oxygen atoms in total. The first kappa shape index (κ1) is 13.5. The van der Waals surface area contributed by atoms with Crippen molar-refractivity contribution in [2.45, 2.75) is 25.5 Å². The predicted molar refractivity (Wildman–Crippen MR) is 66.0 cm³/mol. The van der Waals surface area contributed by atoms with E-state index in [0.717, 1.165) is 4.31 Å². The second-order valence-corrected chi connectivity index (χ2v) is 7.32. The van der Waals surface area contributed by atoms with E-state index >= 15 is 0 Å². The summed E-state index contributed by atoms with van der Waals surface area (Å²) < 4.78 is 24.5. The molecule has 1 heterocycles. The number of hydrogen-bond donors (Lipinski definition) is 0. The largest absolute Gasteiger partial charge is 0.256 e. The highest BCUT2D eigenvalue weighted by atomic mass is 32.2. The normalized spacial score (nSPS) is 11.9. The van der Waals surface area contributed by atoms with Crippen molar-refractivity contribution in [1.82, 2.24) is 4.98 Å². The van der Waals surface area contributed by atoms with Crippen molar-refractivity contribution < 1.29 is 8.42 Å². The van der Waals surface area contributed by atoms with E-state index in [4.69, 9.17) is 5.26 Å². The molecule has 0 radical (unpaired) electrons. The van der Waals surface area contributed by atoms with E-state index in [-0.39, 0.29) is 0 Å². The number of nitriles is 1. The summed E-state index contributed by atoms with van der Waals surface area (Å²) in [6.07, 6.45) is 1.35. The van der Waals surface area contributed by atoms with Gasteiger partial charge in [-0.05, 0) is 32.9 Å². The maximum atomic E-state index is 12.1. The second kappa shape index (κ2) is 4.34. The molecule has 0 amide bonds. The van der Waals surface area contributed by atoms with Crippen LogP contribution in [0.5, 0.6) is 0 Å². The number of nitrogens with zero attached hydrogens (tertiary/aromatic N) is 3. The van der Waals surface area contributed by atoms with Crippen molar-refractivity contribution in [2.75, 3.05) is 11.4 Å². The molecule has 0 fully saturated rings. The SMILES string of the molecule is CN(c1ccc(C#N)cn1)S(=O)(=O)C(C)(C)C. The summed E-state index contributed by atoms with van der Waals surface area (Å²) in [7, 11) is -2.01. The van der Waals surface area contributed by atoms with Crippen LogP contribution in [-0.4, -0.2) is 25.2 Å². The zero-order valence-corrected chi connectivity index (χ0v) is 11.1. The molecule has 92 valence electrons. The van der Waals surface area contributed by atoms with Crippen LogP contribution in [-0.2, 0) is 10.0 Å². The lowest BCUT2D eigenvalue weighted by Gasteiger charge is -2.27. The summed E-state index contributed by atoms with van der Waals surface area (Å²) in [4.78, 5) is 3.95. The first-order valence-corrected chi connectivity index (χ1v) is 6.49. The molecule has 0 N–H and O–H groups in total. The van der Waals surface area contributed by atoms with Gasteiger partial charge in [0.25, 0.3) is 0 Å². The van der Waals surface area contributed by atoms with Gasteiger partial charge in [0.2, 0.25) is 10.0 Å². The minimum absolute atomic E-state index is 0.305. The van der Waals surface area contributed by atoms with Gasteiger partial charge in [-0.2, -0.15) is 5.26 Å². The molecule has 0 saturated heterocycles. The highest BCUT2D eigenvalue weighted by Crippen LogP contribution is 2.23. The van der Waals surface area contributed by atoms with Crippen LogP contribution in [0.3, 0.4) is 0 Å². The van der Waals surface area contributed by atoms with E-state index in [1.807, 2.05) is 6.07 Å². The van der Waals surface area contributed by atoms with E-state index in [2.05, 4.69) is 4.98 Å². The van der Waals surface area contributed by atoms with E-state index in [1.165, 1.54) is 25.4 Å². The van der Waals surface area contributed by atoms with Crippen LogP contribution < -0.4 is 4.31 Å². The van der Waals surface area contributed by atoms with Gasteiger partial charge in [-0.1, -0.05) is 0 Å². The molecule has 1 rings (SSSR count). The van der Waals surface area contributed by atoms with Gasteiger partial charge in [-0.3, -0.25) is 4.31 Å². The molecular formula is C11H15N3O2S. The van der Waals surface area contributed by atoms with Gasteiger partial charge in [-0.25, -0.2) is 13.4 Å². The summed E-state index contributed by atoms with van der Waals surface area (Å²) in [5.74, 6) is 0.305. The van der Waals surface area contributed by atoms with Crippen molar-refractivity contribution in [3.63, 3.8) is 0 Å². The first-order valence-electron chi connectivity index (χ1n) is 5.05. The Hall–Kier alpha value is -1.61. The van der Waals surface area contributed by atoms with Gasteiger partial charge in [0.05, 0.1) is 10.3 Å². The van der Waals surface area contributed by atoms with Crippen LogP contribution in [0.25, 0.3) is 0 Å². The molecule has 0 spiro atoms. The maximum Gasteiger partial charge on any atom is 0.241 e. The Bertz CT molecular complexity index is 536. The van der Waals surface area contributed by atoms with Crippen LogP contribution in [0.2, 0.25) is 0 Å². The maximum absolute atomic E-state index is 12.1. The van der Waals surface area contributed by atoms with Gasteiger partial charge in [-0.15, -0.1) is 0 Å². The molecule has 0 aliphatic heterocycles. The monoisotopic (exact) mass is 253 g/mol. The molecule has 1 aromatic heterocycles. The predicted octanol–water partition coefficient (Wildman–Crippen LogP) is 1.52. The summed E-state index contributed by atoms with van der Waals surface area (Å²) in [5.41, 5.74) is 0.398. The van der Waals surface area contributed by atoms with E-state index in [1.54, 1.807) is 20.8 Å². The Kier molecular flexibility index (Phi) is 3.43. The molecule has 0 atom stereocenters. The van der Waals surface area contributed by atoms with Crippen LogP contribution in [0.15, 0.2) is 18.3 Å². The van der Waals surface area contributed by atoms with Gasteiger partial charge in [0.1, 0.15) is 11.9 Å². The molecule has 0 unspecified atom stereocenters. The minimum Gasteiger partial charge on any atom is -0.256 e. The number of anilines is 1. The Morgan fingerprint density at radius 2 is 1.94 bits per heavy atom. The zero-order chi connectivity index (χ0) is 13.3. The third kappa shape index (κ3) is 2.56. The summed E-state index contributed by atoms with van der Waals surface area (Å²) >= 11 is 0. The van der Waals surface area contributed by atoms with Crippen LogP contribution >= 0.6 is 0 Å². The van der Waals surface area contributed by atoms with Crippen LogP contribution in [0, 0.1) is 11.3 Å². The fraction of sp³-hybridized carbons (Fsp3) is 0.455. The van der Waals surface area contributed by atoms with Crippen molar-refractivity contribution >= 4 is 15.8 Å². The lowest BCUT2D eigenvalue weighted by molar-refractivity contribution is 0.558. The van der Waals surface area contributed by atoms with Crippen LogP contribution in [0.4, 0.5) is 5.82 Å². The average Bonchev–Trinajstić information content (AvgIpc) is 2.26. The molecule has 17 heavy (non-hydrogen) atoms. The molecule has 0 bridgehead atoms. The lowest BCUT2D eigenvalue weighted by Crippen LogP contribution is -2.41.